The number of hydrogen-bond donors (Lipinski definition) is 1. The van der Waals surface area contributed by atoms with E-state index >= 15 is 0 Å². The monoisotopic (exact) mass is 468 g/mol. The Morgan fingerprint density at radius 2 is 1.82 bits per heavy atom. The van der Waals surface area contributed by atoms with Crippen LogP contribution in [-0.2, 0) is 9.59 Å². The first-order valence-corrected chi connectivity index (χ1v) is 11.2. The number of methoxy groups -OCH3 is 2. The number of aliphatic hydroxyl groups excluding tert-OH is 1. The number of likely N-dealkylation sites (tertiary alicyclic amines) is 1. The van der Waals surface area contributed by atoms with E-state index in [9.17, 15) is 14.7 Å². The fraction of sp³-hybridized carbons (Fsp3) is 0.385. The zero-order chi connectivity index (χ0) is 24.8. The van der Waals surface area contributed by atoms with Gasteiger partial charge in [0.1, 0.15) is 11.5 Å². The van der Waals surface area contributed by atoms with E-state index in [1.807, 2.05) is 25.9 Å². The summed E-state index contributed by atoms with van der Waals surface area (Å²) in [7, 11) is 6.85. The van der Waals surface area contributed by atoms with E-state index in [-0.39, 0.29) is 11.3 Å². The molecule has 0 radical (unpaired) electrons. The zero-order valence-corrected chi connectivity index (χ0v) is 20.3. The highest BCUT2D eigenvalue weighted by atomic mass is 16.5. The maximum absolute atomic E-state index is 13.2. The molecular formula is C26H32N2O6. The molecule has 0 saturated carbocycles. The van der Waals surface area contributed by atoms with Crippen LogP contribution in [0.15, 0.2) is 48.0 Å². The van der Waals surface area contributed by atoms with E-state index in [4.69, 9.17) is 14.2 Å². The van der Waals surface area contributed by atoms with Crippen molar-refractivity contribution in [2.45, 2.75) is 19.4 Å². The lowest BCUT2D eigenvalue weighted by Gasteiger charge is -2.27. The van der Waals surface area contributed by atoms with Crippen LogP contribution in [0.1, 0.15) is 30.5 Å². The second-order valence-corrected chi connectivity index (χ2v) is 8.29. The Morgan fingerprint density at radius 1 is 1.06 bits per heavy atom. The topological polar surface area (TPSA) is 88.5 Å². The molecule has 1 aliphatic heterocycles. The van der Waals surface area contributed by atoms with E-state index in [2.05, 4.69) is 0 Å². The van der Waals surface area contributed by atoms with E-state index < -0.39 is 17.7 Å². The highest BCUT2D eigenvalue weighted by Gasteiger charge is 2.46. The number of amides is 1. The van der Waals surface area contributed by atoms with Gasteiger partial charge in [0.2, 0.25) is 0 Å². The van der Waals surface area contributed by atoms with Crippen molar-refractivity contribution in [3.63, 3.8) is 0 Å². The van der Waals surface area contributed by atoms with Crippen molar-refractivity contribution in [2.75, 3.05) is 48.0 Å². The molecule has 8 heteroatoms. The van der Waals surface area contributed by atoms with Gasteiger partial charge in [0.25, 0.3) is 11.7 Å². The van der Waals surface area contributed by atoms with Gasteiger partial charge in [-0.15, -0.1) is 0 Å². The van der Waals surface area contributed by atoms with Crippen molar-refractivity contribution in [1.29, 1.82) is 0 Å². The number of hydrogen-bond acceptors (Lipinski definition) is 7. The minimum Gasteiger partial charge on any atom is -0.507 e. The van der Waals surface area contributed by atoms with Crippen LogP contribution in [-0.4, -0.2) is 74.6 Å². The highest BCUT2D eigenvalue weighted by molar-refractivity contribution is 6.46. The summed E-state index contributed by atoms with van der Waals surface area (Å²) in [6, 6.07) is 11.3. The van der Waals surface area contributed by atoms with Crippen LogP contribution < -0.4 is 14.2 Å². The van der Waals surface area contributed by atoms with Crippen molar-refractivity contribution in [3.8, 4) is 17.2 Å². The average molecular weight is 469 g/mol. The normalized spacial score (nSPS) is 17.4. The molecular weight excluding hydrogens is 436 g/mol. The number of benzene rings is 2. The summed E-state index contributed by atoms with van der Waals surface area (Å²) in [5.74, 6) is -0.0333. The Kier molecular flexibility index (Phi) is 8.17. The quantitative estimate of drug-likeness (QED) is 0.324. The van der Waals surface area contributed by atoms with Crippen LogP contribution >= 0.6 is 0 Å². The lowest BCUT2D eigenvalue weighted by Crippen LogP contribution is -2.35. The minimum absolute atomic E-state index is 0.0290. The van der Waals surface area contributed by atoms with Gasteiger partial charge in [0.05, 0.1) is 32.4 Å². The molecule has 182 valence electrons. The first kappa shape index (κ1) is 25.1. The molecule has 34 heavy (non-hydrogen) atoms. The van der Waals surface area contributed by atoms with E-state index in [0.29, 0.717) is 48.1 Å². The maximum atomic E-state index is 13.2. The Bertz CT molecular complexity index is 1080. The molecule has 1 N–H and O–H groups in total. The number of ketones is 1. The molecule has 0 bridgehead atoms. The molecule has 1 atom stereocenters. The zero-order valence-electron chi connectivity index (χ0n) is 20.3. The SMILES string of the molecule is CCCOc1ccc([C@H]2/C(=C(\O)c3cccc(OC)c3)C(=O)C(=O)N2CCN(C)C)cc1OC. The first-order valence-electron chi connectivity index (χ1n) is 11.2. The fourth-order valence-corrected chi connectivity index (χ4v) is 3.88. The van der Waals surface area contributed by atoms with Gasteiger partial charge in [-0.2, -0.15) is 0 Å². The van der Waals surface area contributed by atoms with Crippen molar-refractivity contribution < 1.29 is 28.9 Å². The molecule has 0 spiro atoms. The van der Waals surface area contributed by atoms with E-state index in [1.165, 1.54) is 19.1 Å². The summed E-state index contributed by atoms with van der Waals surface area (Å²) in [6.45, 7) is 3.41. The minimum atomic E-state index is -0.778. The third kappa shape index (κ3) is 5.17. The van der Waals surface area contributed by atoms with Gasteiger partial charge in [-0.05, 0) is 50.3 Å². The van der Waals surface area contributed by atoms with Gasteiger partial charge < -0.3 is 29.1 Å². The first-order chi connectivity index (χ1) is 16.3. The Hall–Kier alpha value is -3.52. The average Bonchev–Trinajstić information content (AvgIpc) is 3.10. The number of likely N-dealkylation sites (N-methyl/N-ethyl adjacent to an activating group) is 1. The van der Waals surface area contributed by atoms with Crippen molar-refractivity contribution in [1.82, 2.24) is 9.80 Å². The molecule has 1 aliphatic rings. The summed E-state index contributed by atoms with van der Waals surface area (Å²) < 4.78 is 16.5. The summed E-state index contributed by atoms with van der Waals surface area (Å²) >= 11 is 0. The molecule has 0 unspecified atom stereocenters. The number of ether oxygens (including phenoxy) is 3. The summed E-state index contributed by atoms with van der Waals surface area (Å²) in [6.07, 6.45) is 0.843. The number of aliphatic hydroxyl groups is 1. The highest BCUT2D eigenvalue weighted by Crippen LogP contribution is 2.42. The molecule has 1 heterocycles. The summed E-state index contributed by atoms with van der Waals surface area (Å²) in [5.41, 5.74) is 1.06. The van der Waals surface area contributed by atoms with Gasteiger partial charge in [0.15, 0.2) is 11.5 Å². The molecule has 2 aromatic rings. The molecule has 1 amide bonds. The van der Waals surface area contributed by atoms with Gasteiger partial charge in [-0.25, -0.2) is 0 Å². The summed E-state index contributed by atoms with van der Waals surface area (Å²) in [5, 5.41) is 11.2. The van der Waals surface area contributed by atoms with Crippen LogP contribution in [0, 0.1) is 0 Å². The van der Waals surface area contributed by atoms with Crippen molar-refractivity contribution in [3.05, 3.63) is 59.2 Å². The van der Waals surface area contributed by atoms with Crippen LogP contribution in [0.5, 0.6) is 17.2 Å². The van der Waals surface area contributed by atoms with Crippen LogP contribution in [0.2, 0.25) is 0 Å². The number of carbonyl (C=O) groups excluding carboxylic acids is 2. The smallest absolute Gasteiger partial charge is 0.295 e. The Morgan fingerprint density at radius 3 is 2.47 bits per heavy atom. The number of nitrogens with zero attached hydrogens (tertiary/aromatic N) is 2. The van der Waals surface area contributed by atoms with Crippen LogP contribution in [0.3, 0.4) is 0 Å². The second-order valence-electron chi connectivity index (χ2n) is 8.29. The van der Waals surface area contributed by atoms with Gasteiger partial charge in [-0.3, -0.25) is 9.59 Å². The lowest BCUT2D eigenvalue weighted by molar-refractivity contribution is -0.140. The van der Waals surface area contributed by atoms with E-state index in [0.717, 1.165) is 6.42 Å². The number of carbonyl (C=O) groups is 2. The molecule has 8 nitrogen and oxygen atoms in total. The van der Waals surface area contributed by atoms with Crippen LogP contribution in [0.4, 0.5) is 0 Å². The number of rotatable bonds is 10. The van der Waals surface area contributed by atoms with Gasteiger partial charge in [-0.1, -0.05) is 25.1 Å². The standard InChI is InChI=1S/C26H32N2O6/c1-6-14-34-20-11-10-17(16-21(20)33-5)23-22(24(29)18-8-7-9-19(15-18)32-4)25(30)26(31)28(23)13-12-27(2)3/h7-11,15-16,23,29H,6,12-14H2,1-5H3/b24-22+/t23-/m0/s1. The molecule has 1 saturated heterocycles. The third-order valence-corrected chi connectivity index (χ3v) is 5.64. The number of Topliss-reactive ketones (excluding diaryl/α,β-unsaturated/α-hetero) is 1. The summed E-state index contributed by atoms with van der Waals surface area (Å²) in [4.78, 5) is 29.7. The third-order valence-electron chi connectivity index (χ3n) is 5.64. The maximum Gasteiger partial charge on any atom is 0.295 e. The predicted molar refractivity (Wildman–Crippen MR) is 129 cm³/mol. The molecule has 2 aromatic carbocycles. The fourth-order valence-electron chi connectivity index (χ4n) is 3.88. The Labute approximate surface area is 200 Å². The van der Waals surface area contributed by atoms with E-state index in [1.54, 1.807) is 42.5 Å². The largest absolute Gasteiger partial charge is 0.507 e. The molecule has 1 fully saturated rings. The molecule has 0 aromatic heterocycles. The van der Waals surface area contributed by atoms with Crippen molar-refractivity contribution >= 4 is 17.4 Å². The molecule has 3 rings (SSSR count). The molecule has 0 aliphatic carbocycles. The van der Waals surface area contributed by atoms with Gasteiger partial charge >= 0.3 is 0 Å². The van der Waals surface area contributed by atoms with Crippen molar-refractivity contribution in [2.24, 2.45) is 0 Å². The predicted octanol–water partition coefficient (Wildman–Crippen LogP) is 3.48. The van der Waals surface area contributed by atoms with Gasteiger partial charge in [0, 0.05) is 18.7 Å². The lowest BCUT2D eigenvalue weighted by atomic mass is 9.95. The second kappa shape index (κ2) is 11.1. The van der Waals surface area contributed by atoms with Crippen LogP contribution in [0.25, 0.3) is 5.76 Å². The Balaban J connectivity index is 2.15.